The summed E-state index contributed by atoms with van der Waals surface area (Å²) in [6, 6.07) is 8.73. The number of halogens is 1. The zero-order chi connectivity index (χ0) is 18.1. The molecule has 1 N–H and O–H groups in total. The van der Waals surface area contributed by atoms with Crippen molar-refractivity contribution >= 4 is 21.7 Å². The largest absolute Gasteiger partial charge is 0.395 e. The predicted octanol–water partition coefficient (Wildman–Crippen LogP) is 2.93. The number of imidazole rings is 1. The first kappa shape index (κ1) is 18.0. The number of aliphatic hydroxyl groups is 1. The minimum absolute atomic E-state index is 0.0370. The van der Waals surface area contributed by atoms with Crippen molar-refractivity contribution in [2.24, 2.45) is 5.92 Å². The van der Waals surface area contributed by atoms with E-state index in [0.717, 1.165) is 43.0 Å². The fourth-order valence-electron chi connectivity index (χ4n) is 4.10. The van der Waals surface area contributed by atoms with E-state index in [-0.39, 0.29) is 12.1 Å². The van der Waals surface area contributed by atoms with E-state index in [4.69, 9.17) is 10.1 Å². The van der Waals surface area contributed by atoms with Gasteiger partial charge in [0.2, 0.25) is 0 Å². The summed E-state index contributed by atoms with van der Waals surface area (Å²) in [6.45, 7) is 7.26. The van der Waals surface area contributed by atoms with Crippen LogP contribution in [0.25, 0.3) is 0 Å². The molecular weight excluding hydrogens is 392 g/mol. The van der Waals surface area contributed by atoms with Crippen LogP contribution in [0, 0.1) is 5.92 Å². The Balaban J connectivity index is 1.55. The molecule has 1 aromatic carbocycles. The van der Waals surface area contributed by atoms with E-state index >= 15 is 0 Å². The number of anilines is 1. The lowest BCUT2D eigenvalue weighted by Gasteiger charge is -2.35. The van der Waals surface area contributed by atoms with Gasteiger partial charge in [-0.05, 0) is 43.4 Å². The summed E-state index contributed by atoms with van der Waals surface area (Å²) in [7, 11) is 0. The predicted molar refractivity (Wildman–Crippen MR) is 108 cm³/mol. The number of rotatable bonds is 6. The molecular formula is C20H27BrN4O. The van der Waals surface area contributed by atoms with E-state index in [9.17, 15) is 0 Å². The van der Waals surface area contributed by atoms with Gasteiger partial charge in [0.15, 0.2) is 0 Å². The number of hydrogen-bond donors (Lipinski definition) is 1. The second-order valence-corrected chi connectivity index (χ2v) is 8.54. The van der Waals surface area contributed by atoms with Gasteiger partial charge in [-0.3, -0.25) is 4.90 Å². The number of piperazine rings is 1. The van der Waals surface area contributed by atoms with Gasteiger partial charge < -0.3 is 14.6 Å². The molecule has 140 valence electrons. The van der Waals surface area contributed by atoms with Gasteiger partial charge in [-0.1, -0.05) is 28.1 Å². The number of aliphatic hydroxyl groups excluding tert-OH is 1. The average Bonchev–Trinajstić information content (AvgIpc) is 3.40. The Labute approximate surface area is 163 Å². The lowest BCUT2D eigenvalue weighted by molar-refractivity contribution is 0.188. The molecule has 1 aromatic heterocycles. The number of aromatic nitrogens is 2. The molecule has 1 saturated carbocycles. The molecule has 1 aliphatic carbocycles. The zero-order valence-corrected chi connectivity index (χ0v) is 16.9. The monoisotopic (exact) mass is 418 g/mol. The number of hydrogen-bond acceptors (Lipinski definition) is 4. The van der Waals surface area contributed by atoms with Gasteiger partial charge in [0.05, 0.1) is 18.5 Å². The summed E-state index contributed by atoms with van der Waals surface area (Å²) in [6.07, 6.45) is 6.79. The SMILES string of the molecule is CC(c1ccc(Br)cc1)(C1CC1)n1cnc(N2CCN(CCO)CC2)c1. The van der Waals surface area contributed by atoms with E-state index in [0.29, 0.717) is 5.92 Å². The topological polar surface area (TPSA) is 44.5 Å². The smallest absolute Gasteiger partial charge is 0.146 e. The lowest BCUT2D eigenvalue weighted by Crippen LogP contribution is -2.47. The van der Waals surface area contributed by atoms with Gasteiger partial charge in [0.25, 0.3) is 0 Å². The quantitative estimate of drug-likeness (QED) is 0.782. The maximum absolute atomic E-state index is 9.10. The Morgan fingerprint density at radius 2 is 1.85 bits per heavy atom. The van der Waals surface area contributed by atoms with Crippen molar-refractivity contribution in [1.82, 2.24) is 14.5 Å². The fourth-order valence-corrected chi connectivity index (χ4v) is 4.36. The van der Waals surface area contributed by atoms with Crippen LogP contribution < -0.4 is 4.90 Å². The maximum atomic E-state index is 9.10. The summed E-state index contributed by atoms with van der Waals surface area (Å²) in [4.78, 5) is 9.41. The second-order valence-electron chi connectivity index (χ2n) is 7.62. The molecule has 6 heteroatoms. The molecule has 1 unspecified atom stereocenters. The summed E-state index contributed by atoms with van der Waals surface area (Å²) < 4.78 is 3.44. The van der Waals surface area contributed by atoms with Crippen molar-refractivity contribution in [2.45, 2.75) is 25.3 Å². The van der Waals surface area contributed by atoms with E-state index in [1.165, 1.54) is 18.4 Å². The van der Waals surface area contributed by atoms with Crippen molar-refractivity contribution < 1.29 is 5.11 Å². The summed E-state index contributed by atoms with van der Waals surface area (Å²) >= 11 is 3.55. The first-order valence-electron chi connectivity index (χ1n) is 9.50. The molecule has 2 aromatic rings. The number of nitrogens with zero attached hydrogens (tertiary/aromatic N) is 4. The highest BCUT2D eigenvalue weighted by Crippen LogP contribution is 2.48. The van der Waals surface area contributed by atoms with E-state index < -0.39 is 0 Å². The molecule has 2 heterocycles. The maximum Gasteiger partial charge on any atom is 0.146 e. The molecule has 2 aliphatic rings. The molecule has 1 saturated heterocycles. The van der Waals surface area contributed by atoms with Crippen molar-refractivity contribution in [3.05, 3.63) is 46.8 Å². The van der Waals surface area contributed by atoms with E-state index in [1.807, 2.05) is 6.33 Å². The van der Waals surface area contributed by atoms with E-state index in [1.54, 1.807) is 0 Å². The summed E-state index contributed by atoms with van der Waals surface area (Å²) in [5.74, 6) is 1.74. The first-order chi connectivity index (χ1) is 12.6. The molecule has 5 nitrogen and oxygen atoms in total. The Morgan fingerprint density at radius 3 is 2.46 bits per heavy atom. The first-order valence-corrected chi connectivity index (χ1v) is 10.3. The van der Waals surface area contributed by atoms with Gasteiger partial charge >= 0.3 is 0 Å². The Morgan fingerprint density at radius 1 is 1.15 bits per heavy atom. The van der Waals surface area contributed by atoms with Gasteiger partial charge in [-0.25, -0.2) is 4.98 Å². The Hall–Kier alpha value is -1.37. The second kappa shape index (κ2) is 7.33. The third kappa shape index (κ3) is 3.42. The third-order valence-electron chi connectivity index (χ3n) is 6.02. The molecule has 1 atom stereocenters. The summed E-state index contributed by atoms with van der Waals surface area (Å²) in [5, 5.41) is 9.10. The molecule has 0 bridgehead atoms. The average molecular weight is 419 g/mol. The minimum Gasteiger partial charge on any atom is -0.395 e. The van der Waals surface area contributed by atoms with Crippen molar-refractivity contribution in [3.8, 4) is 0 Å². The number of benzene rings is 1. The van der Waals surface area contributed by atoms with Crippen LogP contribution in [0.3, 0.4) is 0 Å². The molecule has 26 heavy (non-hydrogen) atoms. The highest BCUT2D eigenvalue weighted by molar-refractivity contribution is 9.10. The minimum atomic E-state index is -0.0370. The lowest BCUT2D eigenvalue weighted by atomic mass is 9.86. The van der Waals surface area contributed by atoms with Gasteiger partial charge in [0.1, 0.15) is 5.82 Å². The van der Waals surface area contributed by atoms with Gasteiger partial charge in [-0.15, -0.1) is 0 Å². The van der Waals surface area contributed by atoms with Crippen molar-refractivity contribution in [1.29, 1.82) is 0 Å². The molecule has 1 aliphatic heterocycles. The Kier molecular flexibility index (Phi) is 5.08. The van der Waals surface area contributed by atoms with Crippen LogP contribution in [0.4, 0.5) is 5.82 Å². The van der Waals surface area contributed by atoms with Gasteiger partial charge in [-0.2, -0.15) is 0 Å². The van der Waals surface area contributed by atoms with Crippen molar-refractivity contribution in [2.75, 3.05) is 44.2 Å². The van der Waals surface area contributed by atoms with Crippen LogP contribution in [0.1, 0.15) is 25.3 Å². The molecule has 0 radical (unpaired) electrons. The third-order valence-corrected chi connectivity index (χ3v) is 6.55. The normalized spacial score (nSPS) is 21.0. The fraction of sp³-hybridized carbons (Fsp3) is 0.550. The van der Waals surface area contributed by atoms with Crippen molar-refractivity contribution in [3.63, 3.8) is 0 Å². The summed E-state index contributed by atoms with van der Waals surface area (Å²) in [5.41, 5.74) is 1.31. The number of β-amino-alcohol motifs (C(OH)–C–C–N with tert-alkyl or cyclic N) is 1. The molecule has 2 fully saturated rings. The highest BCUT2D eigenvalue weighted by atomic mass is 79.9. The van der Waals surface area contributed by atoms with Crippen LogP contribution in [0.5, 0.6) is 0 Å². The highest BCUT2D eigenvalue weighted by Gasteiger charge is 2.44. The molecule has 4 rings (SSSR count). The standard InChI is InChI=1S/C20H27BrN4O/c1-20(16-2-3-16,17-4-6-18(21)7-5-17)25-14-19(22-15-25)24-10-8-23(9-11-24)12-13-26/h4-7,14-16,26H,2-3,8-13H2,1H3. The Bertz CT molecular complexity index is 735. The van der Waals surface area contributed by atoms with Crippen LogP contribution in [0.15, 0.2) is 41.3 Å². The van der Waals surface area contributed by atoms with Crippen LogP contribution in [0.2, 0.25) is 0 Å². The van der Waals surface area contributed by atoms with E-state index in [2.05, 4.69) is 67.7 Å². The zero-order valence-electron chi connectivity index (χ0n) is 15.3. The van der Waals surface area contributed by atoms with Crippen LogP contribution >= 0.6 is 15.9 Å². The molecule has 0 spiro atoms. The van der Waals surface area contributed by atoms with Crippen LogP contribution in [-0.2, 0) is 5.54 Å². The molecule has 0 amide bonds. The van der Waals surface area contributed by atoms with Crippen LogP contribution in [-0.4, -0.2) is 58.9 Å². The van der Waals surface area contributed by atoms with Gasteiger partial charge in [0, 0.05) is 43.4 Å².